The first-order chi connectivity index (χ1) is 19.7. The van der Waals surface area contributed by atoms with Gasteiger partial charge in [0, 0.05) is 12.5 Å². The van der Waals surface area contributed by atoms with Crippen LogP contribution < -0.4 is 0 Å². The first-order valence-corrected chi connectivity index (χ1v) is 18.2. The van der Waals surface area contributed by atoms with Crippen LogP contribution in [0.4, 0.5) is 8.78 Å². The van der Waals surface area contributed by atoms with Crippen LogP contribution >= 0.6 is 31.9 Å². The van der Waals surface area contributed by atoms with Crippen molar-refractivity contribution in [3.05, 3.63) is 131 Å². The van der Waals surface area contributed by atoms with E-state index >= 15 is 0 Å². The highest BCUT2D eigenvalue weighted by atomic mass is 79.9. The summed E-state index contributed by atoms with van der Waals surface area (Å²) in [6, 6.07) is 23.4. The van der Waals surface area contributed by atoms with Gasteiger partial charge >= 0.3 is 0 Å². The van der Waals surface area contributed by atoms with E-state index in [1.807, 2.05) is 0 Å². The fourth-order valence-corrected chi connectivity index (χ4v) is 7.67. The Morgan fingerprint density at radius 3 is 1.05 bits per heavy atom. The normalized spacial score (nSPS) is 15.0. The van der Waals surface area contributed by atoms with Gasteiger partial charge in [0.05, 0.1) is 31.3 Å². The molecule has 4 rings (SSSR count). The Balaban J connectivity index is 1.89. The van der Waals surface area contributed by atoms with Crippen molar-refractivity contribution in [1.82, 2.24) is 0 Å². The van der Waals surface area contributed by atoms with Gasteiger partial charge in [0.15, 0.2) is 25.5 Å². The predicted molar refractivity (Wildman–Crippen MR) is 166 cm³/mol. The van der Waals surface area contributed by atoms with Crippen molar-refractivity contribution in [3.8, 4) is 0 Å². The maximum absolute atomic E-state index is 14.7. The zero-order valence-corrected chi connectivity index (χ0v) is 27.2. The Kier molecular flexibility index (Phi) is 9.86. The van der Waals surface area contributed by atoms with Gasteiger partial charge in [-0.25, -0.2) is 25.6 Å². The summed E-state index contributed by atoms with van der Waals surface area (Å²) in [4.78, 5) is 13.6. The lowest BCUT2D eigenvalue weighted by molar-refractivity contribution is -0.122. The van der Waals surface area contributed by atoms with Crippen LogP contribution in [0, 0.1) is 11.6 Å². The molecule has 4 aromatic carbocycles. The minimum Gasteiger partial charge on any atom is -0.298 e. The van der Waals surface area contributed by atoms with E-state index in [1.54, 1.807) is 48.5 Å². The van der Waals surface area contributed by atoms with E-state index in [9.17, 15) is 30.4 Å². The zero-order chi connectivity index (χ0) is 30.8. The summed E-state index contributed by atoms with van der Waals surface area (Å²) in [5.41, 5.74) is 2.24. The van der Waals surface area contributed by atoms with E-state index in [0.29, 0.717) is 22.3 Å². The molecular formula is C31H26Br2F2O5S2. The summed E-state index contributed by atoms with van der Waals surface area (Å²) < 4.78 is 76.0. The number of Topliss-reactive ketones (excluding diaryl/α,β-unsaturated/α-hetero) is 1. The second kappa shape index (κ2) is 12.9. The van der Waals surface area contributed by atoms with E-state index in [2.05, 4.69) is 31.9 Å². The Labute approximate surface area is 261 Å². The smallest absolute Gasteiger partial charge is 0.175 e. The summed E-state index contributed by atoms with van der Waals surface area (Å²) in [7, 11) is -6.99. The van der Waals surface area contributed by atoms with Gasteiger partial charge in [0.1, 0.15) is 11.6 Å². The predicted octanol–water partition coefficient (Wildman–Crippen LogP) is 7.48. The average Bonchev–Trinajstić information content (AvgIpc) is 2.93. The van der Waals surface area contributed by atoms with Crippen LogP contribution in [0.2, 0.25) is 0 Å². The second-order valence-corrected chi connectivity index (χ2v) is 16.0. The number of ketones is 1. The highest BCUT2D eigenvalue weighted by molar-refractivity contribution is 9.09. The van der Waals surface area contributed by atoms with Gasteiger partial charge in [-0.15, -0.1) is 0 Å². The second-order valence-electron chi connectivity index (χ2n) is 9.95. The molecule has 0 aliphatic carbocycles. The quantitative estimate of drug-likeness (QED) is 0.158. The van der Waals surface area contributed by atoms with E-state index in [4.69, 9.17) is 0 Å². The lowest BCUT2D eigenvalue weighted by Gasteiger charge is -2.30. The van der Waals surface area contributed by atoms with Gasteiger partial charge in [-0.1, -0.05) is 80.4 Å². The van der Waals surface area contributed by atoms with Crippen molar-refractivity contribution >= 4 is 57.3 Å². The van der Waals surface area contributed by atoms with E-state index in [1.165, 1.54) is 48.5 Å². The Morgan fingerprint density at radius 1 is 0.524 bits per heavy atom. The van der Waals surface area contributed by atoms with Crippen LogP contribution in [0.25, 0.3) is 0 Å². The van der Waals surface area contributed by atoms with Crippen molar-refractivity contribution in [2.45, 2.75) is 31.3 Å². The van der Waals surface area contributed by atoms with Crippen molar-refractivity contribution in [3.63, 3.8) is 0 Å². The van der Waals surface area contributed by atoms with Crippen molar-refractivity contribution < 1.29 is 30.4 Å². The highest BCUT2D eigenvalue weighted by Gasteiger charge is 2.39. The number of sulfone groups is 2. The van der Waals surface area contributed by atoms with E-state index < -0.39 is 52.8 Å². The number of rotatable bonds is 10. The molecule has 11 heteroatoms. The van der Waals surface area contributed by atoms with E-state index in [0.717, 1.165) is 12.5 Å². The SMILES string of the molecule is CS(=O)(=O)c1ccc(C(C(=O)C(c2ccc(S(C)(=O)=O)cc2)C(Br)c2ccc(F)cc2)C(Br)c2ccc(F)cc2)cc1. The van der Waals surface area contributed by atoms with Gasteiger partial charge < -0.3 is 0 Å². The van der Waals surface area contributed by atoms with Crippen LogP contribution in [0.5, 0.6) is 0 Å². The Hall–Kier alpha value is -2.73. The standard InChI is InChI=1S/C31H26Br2F2O5S2/c1-41(37,38)25-15-7-19(8-16-25)27(29(32)21-3-11-23(34)12-4-21)31(36)28(30(33)22-5-13-24(35)14-6-22)20-9-17-26(18-10-20)42(2,39)40/h3-18,27-30H,1-2H3. The molecule has 0 aliphatic heterocycles. The first-order valence-electron chi connectivity index (χ1n) is 12.6. The number of hydrogen-bond acceptors (Lipinski definition) is 5. The number of alkyl halides is 2. The average molecular weight is 740 g/mol. The maximum atomic E-state index is 14.7. The third-order valence-electron chi connectivity index (χ3n) is 6.91. The maximum Gasteiger partial charge on any atom is 0.175 e. The molecule has 0 spiro atoms. The Bertz CT molecular complexity index is 1640. The third kappa shape index (κ3) is 7.42. The van der Waals surface area contributed by atoms with Gasteiger partial charge in [0.25, 0.3) is 0 Å². The summed E-state index contributed by atoms with van der Waals surface area (Å²) >= 11 is 7.32. The van der Waals surface area contributed by atoms with Crippen LogP contribution in [0.1, 0.15) is 43.7 Å². The topological polar surface area (TPSA) is 85.3 Å². The summed E-state index contributed by atoms with van der Waals surface area (Å²) in [6.07, 6.45) is 2.18. The number of halogens is 4. The molecule has 0 bridgehead atoms. The highest BCUT2D eigenvalue weighted by Crippen LogP contribution is 2.47. The molecule has 5 nitrogen and oxygen atoms in total. The van der Waals surface area contributed by atoms with Crippen LogP contribution in [-0.4, -0.2) is 35.1 Å². The summed E-state index contributed by atoms with van der Waals surface area (Å²) in [5.74, 6) is -2.99. The third-order valence-corrected chi connectivity index (χ3v) is 11.3. The molecule has 0 aromatic heterocycles. The minimum absolute atomic E-state index is 0.0861. The molecule has 220 valence electrons. The fraction of sp³-hybridized carbons (Fsp3) is 0.194. The molecule has 0 aliphatic rings. The molecule has 0 heterocycles. The number of hydrogen-bond donors (Lipinski definition) is 0. The molecule has 0 radical (unpaired) electrons. The molecule has 4 atom stereocenters. The number of carbonyl (C=O) groups excluding carboxylic acids is 1. The van der Waals surface area contributed by atoms with Gasteiger partial charge in [0.2, 0.25) is 0 Å². The first kappa shape index (κ1) is 32.2. The van der Waals surface area contributed by atoms with E-state index in [-0.39, 0.29) is 15.6 Å². The van der Waals surface area contributed by atoms with Crippen LogP contribution in [0.3, 0.4) is 0 Å². The van der Waals surface area contributed by atoms with Crippen molar-refractivity contribution in [2.24, 2.45) is 0 Å². The molecule has 0 N–H and O–H groups in total. The molecule has 4 aromatic rings. The van der Waals surface area contributed by atoms with Gasteiger partial charge in [-0.2, -0.15) is 0 Å². The number of carbonyl (C=O) groups is 1. The number of benzene rings is 4. The monoisotopic (exact) mass is 738 g/mol. The van der Waals surface area contributed by atoms with Crippen LogP contribution in [0.15, 0.2) is 107 Å². The largest absolute Gasteiger partial charge is 0.298 e. The lowest BCUT2D eigenvalue weighted by atomic mass is 9.78. The summed E-state index contributed by atoms with van der Waals surface area (Å²) in [6.45, 7) is 0. The molecule has 0 amide bonds. The molecule has 0 saturated heterocycles. The molecule has 0 fully saturated rings. The zero-order valence-electron chi connectivity index (χ0n) is 22.4. The molecule has 0 saturated carbocycles. The minimum atomic E-state index is -3.50. The van der Waals surface area contributed by atoms with Crippen LogP contribution in [-0.2, 0) is 24.5 Å². The van der Waals surface area contributed by atoms with Gasteiger partial charge in [-0.05, 0) is 70.8 Å². The molecule has 42 heavy (non-hydrogen) atoms. The summed E-state index contributed by atoms with van der Waals surface area (Å²) in [5, 5.41) is 0. The lowest BCUT2D eigenvalue weighted by Crippen LogP contribution is -2.27. The Morgan fingerprint density at radius 2 is 0.786 bits per heavy atom. The fourth-order valence-electron chi connectivity index (χ4n) is 4.67. The van der Waals surface area contributed by atoms with Crippen molar-refractivity contribution in [2.75, 3.05) is 12.5 Å². The molecular weight excluding hydrogens is 714 g/mol. The molecule has 4 unspecified atom stereocenters. The van der Waals surface area contributed by atoms with Gasteiger partial charge in [-0.3, -0.25) is 4.79 Å². The van der Waals surface area contributed by atoms with Crippen molar-refractivity contribution in [1.29, 1.82) is 0 Å².